The first-order valence-corrected chi connectivity index (χ1v) is 9.47. The fourth-order valence-electron chi connectivity index (χ4n) is 2.36. The van der Waals surface area contributed by atoms with Gasteiger partial charge in [0, 0.05) is 6.20 Å². The van der Waals surface area contributed by atoms with Crippen molar-refractivity contribution in [3.05, 3.63) is 60.2 Å². The van der Waals surface area contributed by atoms with Crippen LogP contribution >= 0.6 is 0 Å². The Kier molecular flexibility index (Phi) is 5.38. The molecule has 27 heavy (non-hydrogen) atoms. The number of carbonyl (C=O) groups excluding carboxylic acids is 1. The monoisotopic (exact) mass is 389 g/mol. The molecule has 0 aliphatic carbocycles. The molecule has 1 aliphatic rings. The highest BCUT2D eigenvalue weighted by molar-refractivity contribution is 7.89. The van der Waals surface area contributed by atoms with Gasteiger partial charge in [-0.3, -0.25) is 9.78 Å². The Morgan fingerprint density at radius 2 is 1.89 bits per heavy atom. The molecule has 1 aromatic heterocycles. The number of amidine groups is 1. The minimum atomic E-state index is -4.19. The molecule has 1 atom stereocenters. The van der Waals surface area contributed by atoms with Crippen molar-refractivity contribution in [2.75, 3.05) is 0 Å². The number of hydrogen-bond donors (Lipinski definition) is 2. The minimum Gasteiger partial charge on any atom is -0.311 e. The second-order valence-corrected chi connectivity index (χ2v) is 7.43. The third-order valence-corrected chi connectivity index (χ3v) is 5.28. The maximum Gasteiger partial charge on any atom is 0.244 e. The van der Waals surface area contributed by atoms with Gasteiger partial charge in [-0.05, 0) is 31.2 Å². The van der Waals surface area contributed by atoms with E-state index in [1.807, 2.05) is 0 Å². The standard InChI is InChI=1S/C17H16FN5O3S/c1-11(23-27(25,26)15-8-3-2-6-12(15)18)17(24)20-16-10-14(21-22-16)13-7-4-5-9-19-13/h2-9,11,23H,10H2,1H3,(H,20,22,24)/t11-/m0/s1. The average molecular weight is 389 g/mol. The van der Waals surface area contributed by atoms with Gasteiger partial charge in [0.1, 0.15) is 16.5 Å². The summed E-state index contributed by atoms with van der Waals surface area (Å²) in [5.74, 6) is -1.25. The summed E-state index contributed by atoms with van der Waals surface area (Å²) in [4.78, 5) is 15.9. The Balaban J connectivity index is 1.60. The van der Waals surface area contributed by atoms with E-state index in [0.29, 0.717) is 11.4 Å². The minimum absolute atomic E-state index is 0.259. The second kappa shape index (κ2) is 7.72. The molecule has 2 N–H and O–H groups in total. The molecule has 3 rings (SSSR count). The summed E-state index contributed by atoms with van der Waals surface area (Å²) in [6.45, 7) is 1.35. The normalized spacial score (nSPS) is 15.0. The van der Waals surface area contributed by atoms with E-state index in [9.17, 15) is 17.6 Å². The van der Waals surface area contributed by atoms with Gasteiger partial charge in [0.25, 0.3) is 0 Å². The van der Waals surface area contributed by atoms with Gasteiger partial charge in [-0.2, -0.15) is 9.82 Å². The van der Waals surface area contributed by atoms with E-state index in [4.69, 9.17) is 0 Å². The van der Waals surface area contributed by atoms with Crippen molar-refractivity contribution in [2.24, 2.45) is 10.2 Å². The molecular formula is C17H16FN5O3S. The van der Waals surface area contributed by atoms with Gasteiger partial charge in [-0.15, -0.1) is 5.10 Å². The van der Waals surface area contributed by atoms with Crippen molar-refractivity contribution in [1.29, 1.82) is 0 Å². The lowest BCUT2D eigenvalue weighted by Crippen LogP contribution is -2.46. The fourth-order valence-corrected chi connectivity index (χ4v) is 3.64. The first-order valence-electron chi connectivity index (χ1n) is 7.99. The number of amides is 1. The number of hydrogen-bond acceptors (Lipinski definition) is 6. The quantitative estimate of drug-likeness (QED) is 0.800. The Hall–Kier alpha value is -2.98. The van der Waals surface area contributed by atoms with Crippen LogP contribution in [0.1, 0.15) is 19.0 Å². The number of rotatable bonds is 5. The zero-order valence-corrected chi connectivity index (χ0v) is 15.1. The van der Waals surface area contributed by atoms with Crippen LogP contribution in [0.2, 0.25) is 0 Å². The molecule has 2 aromatic rings. The van der Waals surface area contributed by atoms with E-state index in [2.05, 4.69) is 25.2 Å². The highest BCUT2D eigenvalue weighted by Crippen LogP contribution is 2.14. The summed E-state index contributed by atoms with van der Waals surface area (Å²) in [5.41, 5.74) is 1.23. The third-order valence-electron chi connectivity index (χ3n) is 3.71. The van der Waals surface area contributed by atoms with Crippen molar-refractivity contribution in [3.8, 4) is 0 Å². The zero-order valence-electron chi connectivity index (χ0n) is 14.3. The molecule has 0 fully saturated rings. The largest absolute Gasteiger partial charge is 0.311 e. The molecule has 0 unspecified atom stereocenters. The van der Waals surface area contributed by atoms with Gasteiger partial charge >= 0.3 is 0 Å². The Morgan fingerprint density at radius 1 is 1.15 bits per heavy atom. The van der Waals surface area contributed by atoms with E-state index < -0.39 is 32.7 Å². The highest BCUT2D eigenvalue weighted by atomic mass is 32.2. The Morgan fingerprint density at radius 3 is 2.59 bits per heavy atom. The van der Waals surface area contributed by atoms with Crippen LogP contribution in [0.5, 0.6) is 0 Å². The SMILES string of the molecule is C[C@H](NS(=O)(=O)c1ccccc1F)C(=O)NC1=NN=C(c2ccccn2)C1. The maximum absolute atomic E-state index is 13.7. The van der Waals surface area contributed by atoms with Crippen molar-refractivity contribution >= 4 is 27.5 Å². The lowest BCUT2D eigenvalue weighted by Gasteiger charge is -2.14. The first kappa shape index (κ1) is 18.8. The van der Waals surface area contributed by atoms with Gasteiger partial charge in [-0.1, -0.05) is 18.2 Å². The molecule has 140 valence electrons. The third kappa shape index (κ3) is 4.41. The summed E-state index contributed by atoms with van der Waals surface area (Å²) in [7, 11) is -4.19. The van der Waals surface area contributed by atoms with Gasteiger partial charge in [0.15, 0.2) is 0 Å². The number of aromatic nitrogens is 1. The molecule has 8 nitrogen and oxygen atoms in total. The molecule has 0 saturated carbocycles. The molecule has 1 amide bonds. The smallest absolute Gasteiger partial charge is 0.244 e. The molecule has 0 saturated heterocycles. The second-order valence-electron chi connectivity index (χ2n) is 5.75. The molecule has 0 bridgehead atoms. The summed E-state index contributed by atoms with van der Waals surface area (Å²) in [6, 6.07) is 9.13. The van der Waals surface area contributed by atoms with Crippen molar-refractivity contribution in [2.45, 2.75) is 24.3 Å². The van der Waals surface area contributed by atoms with E-state index in [-0.39, 0.29) is 12.3 Å². The van der Waals surface area contributed by atoms with Gasteiger partial charge in [0.05, 0.1) is 23.9 Å². The van der Waals surface area contributed by atoms with E-state index in [0.717, 1.165) is 12.1 Å². The molecular weight excluding hydrogens is 373 g/mol. The van der Waals surface area contributed by atoms with Crippen LogP contribution in [0.25, 0.3) is 0 Å². The molecule has 1 aliphatic heterocycles. The molecule has 2 heterocycles. The van der Waals surface area contributed by atoms with Gasteiger partial charge < -0.3 is 5.32 Å². The van der Waals surface area contributed by atoms with Gasteiger partial charge in [-0.25, -0.2) is 12.8 Å². The maximum atomic E-state index is 13.7. The van der Waals surface area contributed by atoms with Crippen LogP contribution in [0.3, 0.4) is 0 Å². The van der Waals surface area contributed by atoms with E-state index in [1.165, 1.54) is 19.1 Å². The number of nitrogens with one attached hydrogen (secondary N) is 2. The topological polar surface area (TPSA) is 113 Å². The van der Waals surface area contributed by atoms with Crippen LogP contribution in [0, 0.1) is 5.82 Å². The summed E-state index contributed by atoms with van der Waals surface area (Å²) in [5, 5.41) is 10.4. The number of halogens is 1. The van der Waals surface area contributed by atoms with Crippen molar-refractivity contribution in [3.63, 3.8) is 0 Å². The number of nitrogens with zero attached hydrogens (tertiary/aromatic N) is 3. The van der Waals surface area contributed by atoms with Crippen LogP contribution in [0.4, 0.5) is 4.39 Å². The van der Waals surface area contributed by atoms with Crippen LogP contribution in [0.15, 0.2) is 63.8 Å². The average Bonchev–Trinajstić information content (AvgIpc) is 3.11. The van der Waals surface area contributed by atoms with Crippen molar-refractivity contribution < 1.29 is 17.6 Å². The van der Waals surface area contributed by atoms with Crippen LogP contribution in [-0.4, -0.2) is 36.9 Å². The predicted molar refractivity (Wildman–Crippen MR) is 97.2 cm³/mol. The van der Waals surface area contributed by atoms with Gasteiger partial charge in [0.2, 0.25) is 15.9 Å². The summed E-state index contributed by atoms with van der Waals surface area (Å²) in [6.07, 6.45) is 1.88. The predicted octanol–water partition coefficient (Wildman–Crippen LogP) is 1.21. The molecule has 1 aromatic carbocycles. The Bertz CT molecular complexity index is 1020. The summed E-state index contributed by atoms with van der Waals surface area (Å²) < 4.78 is 40.4. The Labute approximate surface area is 155 Å². The number of benzene rings is 1. The number of pyridine rings is 1. The summed E-state index contributed by atoms with van der Waals surface area (Å²) >= 11 is 0. The van der Waals surface area contributed by atoms with Crippen LogP contribution < -0.4 is 10.0 Å². The zero-order chi connectivity index (χ0) is 19.4. The first-order chi connectivity index (χ1) is 12.9. The molecule has 10 heteroatoms. The lowest BCUT2D eigenvalue weighted by molar-refractivity contribution is -0.120. The highest BCUT2D eigenvalue weighted by Gasteiger charge is 2.26. The number of sulfonamides is 1. The molecule has 0 spiro atoms. The molecule has 0 radical (unpaired) electrons. The van der Waals surface area contributed by atoms with Crippen molar-refractivity contribution in [1.82, 2.24) is 15.0 Å². The number of carbonyl (C=O) groups is 1. The lowest BCUT2D eigenvalue weighted by atomic mass is 10.2. The fraction of sp³-hybridized carbons (Fsp3) is 0.176. The van der Waals surface area contributed by atoms with E-state index in [1.54, 1.807) is 24.4 Å². The van der Waals surface area contributed by atoms with E-state index >= 15 is 0 Å². The van der Waals surface area contributed by atoms with Crippen LogP contribution in [-0.2, 0) is 14.8 Å².